The second kappa shape index (κ2) is 5.31. The summed E-state index contributed by atoms with van der Waals surface area (Å²) >= 11 is 0. The summed E-state index contributed by atoms with van der Waals surface area (Å²) in [5, 5.41) is 8.39. The third-order valence-corrected chi connectivity index (χ3v) is 2.61. The van der Waals surface area contributed by atoms with Gasteiger partial charge in [-0.25, -0.2) is 0 Å². The fraction of sp³-hybridized carbons (Fsp3) is 0.143. The lowest BCUT2D eigenvalue weighted by Gasteiger charge is -2.04. The lowest BCUT2D eigenvalue weighted by molar-refractivity contribution is 0.417. The minimum Gasteiger partial charge on any atom is -0.495 e. The molecule has 2 rings (SSSR count). The zero-order valence-corrected chi connectivity index (χ0v) is 10.4. The van der Waals surface area contributed by atoms with Gasteiger partial charge < -0.3 is 10.5 Å². The summed E-state index contributed by atoms with van der Waals surface area (Å²) in [7, 11) is 1.58. The van der Waals surface area contributed by atoms with Gasteiger partial charge in [0.05, 0.1) is 24.2 Å². The fourth-order valence-corrected chi connectivity index (χ4v) is 1.55. The first kappa shape index (κ1) is 12.1. The Labute approximate surface area is 106 Å². The first-order chi connectivity index (χ1) is 8.70. The Morgan fingerprint density at radius 1 is 1.06 bits per heavy atom. The van der Waals surface area contributed by atoms with Crippen LogP contribution in [0.1, 0.15) is 5.56 Å². The molecule has 0 bridgehead atoms. The van der Waals surface area contributed by atoms with Gasteiger partial charge in [-0.05, 0) is 30.7 Å². The van der Waals surface area contributed by atoms with Crippen LogP contribution in [0.2, 0.25) is 0 Å². The van der Waals surface area contributed by atoms with Gasteiger partial charge in [0.15, 0.2) is 0 Å². The van der Waals surface area contributed by atoms with E-state index in [4.69, 9.17) is 10.5 Å². The fourth-order valence-electron chi connectivity index (χ4n) is 1.55. The van der Waals surface area contributed by atoms with Crippen LogP contribution in [-0.2, 0) is 0 Å². The van der Waals surface area contributed by atoms with Gasteiger partial charge in [-0.1, -0.05) is 18.2 Å². The third-order valence-electron chi connectivity index (χ3n) is 2.61. The lowest BCUT2D eigenvalue weighted by atomic mass is 10.2. The summed E-state index contributed by atoms with van der Waals surface area (Å²) in [6, 6.07) is 13.2. The molecule has 0 fully saturated rings. The highest BCUT2D eigenvalue weighted by Crippen LogP contribution is 2.28. The standard InChI is InChI=1S/C14H15N3O/c1-10-5-3-4-6-13(10)17-16-11-7-8-12(15)14(9-11)18-2/h3-9H,15H2,1-2H3. The third kappa shape index (κ3) is 2.66. The largest absolute Gasteiger partial charge is 0.495 e. The maximum Gasteiger partial charge on any atom is 0.143 e. The van der Waals surface area contributed by atoms with Crippen molar-refractivity contribution in [1.29, 1.82) is 0 Å². The number of azo groups is 1. The number of aryl methyl sites for hydroxylation is 1. The molecule has 0 amide bonds. The molecule has 4 heteroatoms. The van der Waals surface area contributed by atoms with Crippen molar-refractivity contribution in [2.75, 3.05) is 12.8 Å². The molecule has 0 aliphatic carbocycles. The summed E-state index contributed by atoms with van der Waals surface area (Å²) in [5.41, 5.74) is 8.98. The van der Waals surface area contributed by atoms with Crippen LogP contribution in [-0.4, -0.2) is 7.11 Å². The second-order valence-corrected chi connectivity index (χ2v) is 3.91. The molecule has 0 radical (unpaired) electrons. The zero-order valence-electron chi connectivity index (χ0n) is 10.4. The molecule has 18 heavy (non-hydrogen) atoms. The zero-order chi connectivity index (χ0) is 13.0. The van der Waals surface area contributed by atoms with Crippen molar-refractivity contribution >= 4 is 17.1 Å². The molecule has 2 aromatic rings. The van der Waals surface area contributed by atoms with Gasteiger partial charge in [0.1, 0.15) is 5.75 Å². The monoisotopic (exact) mass is 241 g/mol. The number of hydrogen-bond acceptors (Lipinski definition) is 4. The summed E-state index contributed by atoms with van der Waals surface area (Å²) in [6.45, 7) is 2.00. The Bertz CT molecular complexity index is 579. The molecule has 0 aromatic heterocycles. The second-order valence-electron chi connectivity index (χ2n) is 3.91. The number of ether oxygens (including phenoxy) is 1. The van der Waals surface area contributed by atoms with Crippen LogP contribution < -0.4 is 10.5 Å². The molecule has 0 saturated carbocycles. The van der Waals surface area contributed by atoms with E-state index in [1.54, 1.807) is 25.3 Å². The van der Waals surface area contributed by atoms with Crippen molar-refractivity contribution in [3.63, 3.8) is 0 Å². The molecule has 0 aliphatic rings. The molecule has 0 atom stereocenters. The highest BCUT2D eigenvalue weighted by atomic mass is 16.5. The van der Waals surface area contributed by atoms with E-state index in [0.29, 0.717) is 17.1 Å². The molecule has 0 saturated heterocycles. The Morgan fingerprint density at radius 3 is 2.56 bits per heavy atom. The number of nitrogens with two attached hydrogens (primary N) is 1. The Hall–Kier alpha value is -2.36. The Balaban J connectivity index is 2.27. The first-order valence-electron chi connectivity index (χ1n) is 5.61. The average Bonchev–Trinajstić information content (AvgIpc) is 2.39. The summed E-state index contributed by atoms with van der Waals surface area (Å²) < 4.78 is 5.13. The van der Waals surface area contributed by atoms with E-state index in [-0.39, 0.29) is 0 Å². The highest BCUT2D eigenvalue weighted by molar-refractivity contribution is 5.59. The van der Waals surface area contributed by atoms with Gasteiger partial charge in [-0.3, -0.25) is 0 Å². The molecule has 92 valence electrons. The molecule has 0 aliphatic heterocycles. The van der Waals surface area contributed by atoms with Crippen molar-refractivity contribution < 1.29 is 4.74 Å². The minimum atomic E-state index is 0.590. The number of nitrogen functional groups attached to an aromatic ring is 1. The average molecular weight is 241 g/mol. The molecule has 0 heterocycles. The summed E-state index contributed by atoms with van der Waals surface area (Å²) in [5.74, 6) is 0.608. The molecule has 4 nitrogen and oxygen atoms in total. The number of rotatable bonds is 3. The van der Waals surface area contributed by atoms with E-state index in [9.17, 15) is 0 Å². The van der Waals surface area contributed by atoms with Crippen LogP contribution in [0.25, 0.3) is 0 Å². The van der Waals surface area contributed by atoms with E-state index < -0.39 is 0 Å². The van der Waals surface area contributed by atoms with Crippen molar-refractivity contribution in [3.8, 4) is 5.75 Å². The van der Waals surface area contributed by atoms with Crippen LogP contribution in [0.5, 0.6) is 5.75 Å². The van der Waals surface area contributed by atoms with Gasteiger partial charge in [0.25, 0.3) is 0 Å². The van der Waals surface area contributed by atoms with E-state index in [2.05, 4.69) is 10.2 Å². The number of nitrogens with zero attached hydrogens (tertiary/aromatic N) is 2. The Kier molecular flexibility index (Phi) is 3.57. The summed E-state index contributed by atoms with van der Waals surface area (Å²) in [6.07, 6.45) is 0. The van der Waals surface area contributed by atoms with Crippen LogP contribution >= 0.6 is 0 Å². The van der Waals surface area contributed by atoms with Gasteiger partial charge in [0, 0.05) is 6.07 Å². The first-order valence-corrected chi connectivity index (χ1v) is 5.61. The van der Waals surface area contributed by atoms with E-state index in [1.165, 1.54) is 0 Å². The van der Waals surface area contributed by atoms with Crippen LogP contribution in [0.15, 0.2) is 52.7 Å². The minimum absolute atomic E-state index is 0.590. The Morgan fingerprint density at radius 2 is 1.83 bits per heavy atom. The van der Waals surface area contributed by atoms with Gasteiger partial charge in [0.2, 0.25) is 0 Å². The molecular weight excluding hydrogens is 226 g/mol. The van der Waals surface area contributed by atoms with Crippen molar-refractivity contribution in [2.45, 2.75) is 6.92 Å². The van der Waals surface area contributed by atoms with Crippen LogP contribution in [0, 0.1) is 6.92 Å². The topological polar surface area (TPSA) is 60.0 Å². The summed E-state index contributed by atoms with van der Waals surface area (Å²) in [4.78, 5) is 0. The molecule has 2 N–H and O–H groups in total. The number of anilines is 1. The number of benzene rings is 2. The highest BCUT2D eigenvalue weighted by Gasteiger charge is 2.00. The number of methoxy groups -OCH3 is 1. The van der Waals surface area contributed by atoms with E-state index in [0.717, 1.165) is 11.3 Å². The number of hydrogen-bond donors (Lipinski definition) is 1. The molecular formula is C14H15N3O. The van der Waals surface area contributed by atoms with Crippen molar-refractivity contribution in [2.24, 2.45) is 10.2 Å². The van der Waals surface area contributed by atoms with Gasteiger partial charge >= 0.3 is 0 Å². The smallest absolute Gasteiger partial charge is 0.143 e. The van der Waals surface area contributed by atoms with Crippen molar-refractivity contribution in [3.05, 3.63) is 48.0 Å². The van der Waals surface area contributed by atoms with Crippen LogP contribution in [0.4, 0.5) is 17.1 Å². The quantitative estimate of drug-likeness (QED) is 0.652. The van der Waals surface area contributed by atoms with E-state index in [1.807, 2.05) is 31.2 Å². The predicted molar refractivity (Wildman–Crippen MR) is 72.8 cm³/mol. The maximum atomic E-state index is 5.73. The SMILES string of the molecule is COc1cc(N=Nc2ccccc2C)ccc1N. The van der Waals surface area contributed by atoms with Gasteiger partial charge in [-0.15, -0.1) is 0 Å². The van der Waals surface area contributed by atoms with E-state index >= 15 is 0 Å². The molecule has 0 unspecified atom stereocenters. The van der Waals surface area contributed by atoms with Gasteiger partial charge in [-0.2, -0.15) is 10.2 Å². The normalized spacial score (nSPS) is 10.8. The molecule has 0 spiro atoms. The van der Waals surface area contributed by atoms with Crippen molar-refractivity contribution in [1.82, 2.24) is 0 Å². The molecule has 2 aromatic carbocycles. The van der Waals surface area contributed by atoms with Crippen LogP contribution in [0.3, 0.4) is 0 Å². The predicted octanol–water partition coefficient (Wildman–Crippen LogP) is 4.00. The lowest BCUT2D eigenvalue weighted by Crippen LogP contribution is -1.90. The maximum absolute atomic E-state index is 5.73.